The van der Waals surface area contributed by atoms with Crippen LogP contribution in [0.5, 0.6) is 0 Å². The van der Waals surface area contributed by atoms with Gasteiger partial charge in [-0.1, -0.05) is 17.7 Å². The van der Waals surface area contributed by atoms with Gasteiger partial charge in [-0.3, -0.25) is 9.10 Å². The molecule has 0 saturated carbocycles. The summed E-state index contributed by atoms with van der Waals surface area (Å²) in [5, 5.41) is 0.628. The summed E-state index contributed by atoms with van der Waals surface area (Å²) >= 11 is 6.11. The van der Waals surface area contributed by atoms with E-state index in [1.807, 2.05) is 25.1 Å². The quantitative estimate of drug-likeness (QED) is 0.670. The Morgan fingerprint density at radius 3 is 2.29 bits per heavy atom. The minimum atomic E-state index is -3.92. The van der Waals surface area contributed by atoms with Crippen molar-refractivity contribution in [2.24, 2.45) is 0 Å². The number of carbonyl (C=O) groups is 1. The molecule has 1 atom stereocenters. The van der Waals surface area contributed by atoms with Crippen LogP contribution in [0, 0.1) is 18.6 Å². The SMILES string of the molecule is Cc1ccc(Cl)cc1N1CCN(C(=O)[C@@H](C)N(c2ccc(F)c(F)c2)S(C)(=O)=O)CC1. The Kier molecular flexibility index (Phi) is 6.76. The standard InChI is InChI=1S/C21H24ClF2N3O3S/c1-14-4-5-16(22)12-20(14)25-8-10-26(11-9-25)21(28)15(2)27(31(3,29)30)17-6-7-18(23)19(24)13-17/h4-7,12-13,15H,8-11H2,1-3H3/t15-/m1/s1. The number of rotatable bonds is 5. The van der Waals surface area contributed by atoms with Gasteiger partial charge >= 0.3 is 0 Å². The third kappa shape index (κ3) is 5.10. The van der Waals surface area contributed by atoms with Gasteiger partial charge in [0, 0.05) is 43.0 Å². The minimum absolute atomic E-state index is 0.101. The Morgan fingerprint density at radius 1 is 1.06 bits per heavy atom. The Bertz CT molecular complexity index is 1090. The average molecular weight is 472 g/mol. The molecule has 1 saturated heterocycles. The molecule has 2 aromatic rings. The number of aryl methyl sites for hydroxylation is 1. The summed E-state index contributed by atoms with van der Waals surface area (Å²) in [4.78, 5) is 16.8. The molecule has 2 aromatic carbocycles. The van der Waals surface area contributed by atoms with Gasteiger partial charge < -0.3 is 9.80 Å². The number of hydrogen-bond acceptors (Lipinski definition) is 4. The first kappa shape index (κ1) is 23.3. The van der Waals surface area contributed by atoms with Gasteiger partial charge in [-0.25, -0.2) is 17.2 Å². The number of carbonyl (C=O) groups excluding carboxylic acids is 1. The Morgan fingerprint density at radius 2 is 1.71 bits per heavy atom. The van der Waals surface area contributed by atoms with Crippen molar-refractivity contribution in [1.29, 1.82) is 0 Å². The van der Waals surface area contributed by atoms with Crippen LogP contribution in [0.1, 0.15) is 12.5 Å². The van der Waals surface area contributed by atoms with E-state index in [4.69, 9.17) is 11.6 Å². The van der Waals surface area contributed by atoms with Crippen LogP contribution in [0.15, 0.2) is 36.4 Å². The van der Waals surface area contributed by atoms with Crippen molar-refractivity contribution >= 4 is 38.9 Å². The molecule has 1 heterocycles. The molecule has 0 spiro atoms. The van der Waals surface area contributed by atoms with Gasteiger partial charge in [-0.05, 0) is 43.7 Å². The smallest absolute Gasteiger partial charge is 0.246 e. The van der Waals surface area contributed by atoms with Crippen LogP contribution in [0.4, 0.5) is 20.2 Å². The number of hydrogen-bond donors (Lipinski definition) is 0. The third-order valence-corrected chi connectivity index (χ3v) is 6.80. The van der Waals surface area contributed by atoms with Gasteiger partial charge in [0.05, 0.1) is 11.9 Å². The molecule has 10 heteroatoms. The van der Waals surface area contributed by atoms with Gasteiger partial charge in [0.1, 0.15) is 6.04 Å². The van der Waals surface area contributed by atoms with E-state index < -0.39 is 33.6 Å². The maximum Gasteiger partial charge on any atom is 0.246 e. The first-order valence-corrected chi connectivity index (χ1v) is 12.0. The van der Waals surface area contributed by atoms with Crippen LogP contribution in [0.2, 0.25) is 5.02 Å². The second-order valence-electron chi connectivity index (χ2n) is 7.58. The Balaban J connectivity index is 1.77. The fourth-order valence-electron chi connectivity index (χ4n) is 3.78. The van der Waals surface area contributed by atoms with Crippen LogP contribution in [-0.4, -0.2) is 57.7 Å². The van der Waals surface area contributed by atoms with Crippen molar-refractivity contribution in [1.82, 2.24) is 4.90 Å². The van der Waals surface area contributed by atoms with E-state index >= 15 is 0 Å². The third-order valence-electron chi connectivity index (χ3n) is 5.33. The van der Waals surface area contributed by atoms with E-state index in [9.17, 15) is 22.0 Å². The van der Waals surface area contributed by atoms with Gasteiger partial charge in [-0.2, -0.15) is 0 Å². The molecule has 31 heavy (non-hydrogen) atoms. The molecule has 0 radical (unpaired) electrons. The molecule has 0 unspecified atom stereocenters. The summed E-state index contributed by atoms with van der Waals surface area (Å²) in [5.41, 5.74) is 1.96. The molecule has 0 aromatic heterocycles. The normalized spacial score (nSPS) is 15.7. The molecule has 1 aliphatic rings. The summed E-state index contributed by atoms with van der Waals surface area (Å²) in [5.74, 6) is -2.68. The fourth-order valence-corrected chi connectivity index (χ4v) is 5.11. The number of piperazine rings is 1. The molecular weight excluding hydrogens is 448 g/mol. The van der Waals surface area contributed by atoms with E-state index in [0.29, 0.717) is 31.2 Å². The predicted molar refractivity (Wildman–Crippen MR) is 118 cm³/mol. The van der Waals surface area contributed by atoms with Crippen molar-refractivity contribution in [3.05, 3.63) is 58.6 Å². The zero-order chi connectivity index (χ0) is 22.9. The van der Waals surface area contributed by atoms with E-state index in [0.717, 1.165) is 40.0 Å². The number of sulfonamides is 1. The highest BCUT2D eigenvalue weighted by Crippen LogP contribution is 2.27. The lowest BCUT2D eigenvalue weighted by atomic mass is 10.1. The summed E-state index contributed by atoms with van der Waals surface area (Å²) in [6, 6.07) is 7.28. The van der Waals surface area contributed by atoms with E-state index in [1.165, 1.54) is 6.92 Å². The van der Waals surface area contributed by atoms with Crippen molar-refractivity contribution in [2.75, 3.05) is 41.6 Å². The highest BCUT2D eigenvalue weighted by atomic mass is 35.5. The number of benzene rings is 2. The highest BCUT2D eigenvalue weighted by molar-refractivity contribution is 7.92. The topological polar surface area (TPSA) is 60.9 Å². The Hall–Kier alpha value is -2.39. The second-order valence-corrected chi connectivity index (χ2v) is 9.87. The van der Waals surface area contributed by atoms with Crippen LogP contribution >= 0.6 is 11.6 Å². The predicted octanol–water partition coefficient (Wildman–Crippen LogP) is 3.43. The molecule has 0 bridgehead atoms. The number of nitrogens with zero attached hydrogens (tertiary/aromatic N) is 3. The first-order valence-electron chi connectivity index (χ1n) is 9.73. The lowest BCUT2D eigenvalue weighted by Crippen LogP contribution is -2.55. The van der Waals surface area contributed by atoms with Crippen LogP contribution in [-0.2, 0) is 14.8 Å². The van der Waals surface area contributed by atoms with Crippen molar-refractivity contribution in [3.63, 3.8) is 0 Å². The Labute approximate surface area is 186 Å². The van der Waals surface area contributed by atoms with Gasteiger partial charge in [0.25, 0.3) is 0 Å². The largest absolute Gasteiger partial charge is 0.368 e. The molecule has 6 nitrogen and oxygen atoms in total. The van der Waals surface area contributed by atoms with Crippen molar-refractivity contribution in [3.8, 4) is 0 Å². The summed E-state index contributed by atoms with van der Waals surface area (Å²) < 4.78 is 52.6. The monoisotopic (exact) mass is 471 g/mol. The molecule has 3 rings (SSSR count). The van der Waals surface area contributed by atoms with Gasteiger partial charge in [0.15, 0.2) is 11.6 Å². The zero-order valence-electron chi connectivity index (χ0n) is 17.5. The van der Waals surface area contributed by atoms with Gasteiger partial charge in [0.2, 0.25) is 15.9 Å². The summed E-state index contributed by atoms with van der Waals surface area (Å²) in [6.45, 7) is 5.33. The lowest BCUT2D eigenvalue weighted by molar-refractivity contribution is -0.132. The number of halogens is 3. The van der Waals surface area contributed by atoms with Crippen LogP contribution in [0.3, 0.4) is 0 Å². The maximum absolute atomic E-state index is 13.7. The first-order chi connectivity index (χ1) is 14.5. The molecule has 0 aliphatic carbocycles. The van der Waals surface area contributed by atoms with Gasteiger partial charge in [-0.15, -0.1) is 0 Å². The average Bonchev–Trinajstić information content (AvgIpc) is 2.71. The van der Waals surface area contributed by atoms with Crippen molar-refractivity contribution < 1.29 is 22.0 Å². The summed E-state index contributed by atoms with van der Waals surface area (Å²) in [6.07, 6.45) is 0.928. The summed E-state index contributed by atoms with van der Waals surface area (Å²) in [7, 11) is -3.92. The number of amides is 1. The molecule has 1 amide bonds. The maximum atomic E-state index is 13.7. The van der Waals surface area contributed by atoms with Crippen molar-refractivity contribution in [2.45, 2.75) is 19.9 Å². The van der Waals surface area contributed by atoms with E-state index in [-0.39, 0.29) is 5.69 Å². The number of anilines is 2. The minimum Gasteiger partial charge on any atom is -0.368 e. The zero-order valence-corrected chi connectivity index (χ0v) is 19.1. The molecule has 168 valence electrons. The molecule has 1 fully saturated rings. The molecular formula is C21H24ClF2N3O3S. The van der Waals surface area contributed by atoms with E-state index in [2.05, 4.69) is 4.90 Å². The highest BCUT2D eigenvalue weighted by Gasteiger charge is 2.34. The molecule has 1 aliphatic heterocycles. The van der Waals surface area contributed by atoms with Crippen LogP contribution in [0.25, 0.3) is 0 Å². The molecule has 0 N–H and O–H groups in total. The van der Waals surface area contributed by atoms with E-state index in [1.54, 1.807) is 4.90 Å². The lowest BCUT2D eigenvalue weighted by Gasteiger charge is -2.39. The fraction of sp³-hybridized carbons (Fsp3) is 0.381. The second kappa shape index (κ2) is 9.00. The van der Waals surface area contributed by atoms with Crippen LogP contribution < -0.4 is 9.21 Å².